The Hall–Kier alpha value is -1.76. The third-order valence-corrected chi connectivity index (χ3v) is 5.83. The Bertz CT molecular complexity index is 753. The minimum absolute atomic E-state index is 0.472. The normalized spacial score (nSPS) is 22.2. The van der Waals surface area contributed by atoms with Crippen molar-refractivity contribution in [1.29, 1.82) is 0 Å². The molecule has 6 nitrogen and oxygen atoms in total. The van der Waals surface area contributed by atoms with Crippen LogP contribution in [0.5, 0.6) is 0 Å². The highest BCUT2D eigenvalue weighted by molar-refractivity contribution is 5.22. The molecule has 4 rings (SSSR count). The van der Waals surface area contributed by atoms with Gasteiger partial charge in [-0.05, 0) is 31.9 Å². The molecule has 2 fully saturated rings. The van der Waals surface area contributed by atoms with Crippen molar-refractivity contribution >= 4 is 0 Å². The van der Waals surface area contributed by atoms with Gasteiger partial charge in [0, 0.05) is 39.1 Å². The van der Waals surface area contributed by atoms with Crippen molar-refractivity contribution in [2.45, 2.75) is 38.8 Å². The van der Waals surface area contributed by atoms with Crippen molar-refractivity contribution in [1.82, 2.24) is 24.6 Å². The van der Waals surface area contributed by atoms with Crippen molar-refractivity contribution in [2.75, 3.05) is 39.4 Å². The molecule has 2 saturated heterocycles. The number of hydrogen-bond donors (Lipinski definition) is 0. The molecule has 3 heterocycles. The van der Waals surface area contributed by atoms with E-state index in [1.54, 1.807) is 0 Å². The van der Waals surface area contributed by atoms with E-state index in [-0.39, 0.29) is 0 Å². The average molecular weight is 370 g/mol. The topological polar surface area (TPSA) is 46.4 Å². The zero-order valence-corrected chi connectivity index (χ0v) is 16.6. The van der Waals surface area contributed by atoms with Gasteiger partial charge in [0.05, 0.1) is 19.8 Å². The van der Waals surface area contributed by atoms with Gasteiger partial charge in [-0.3, -0.25) is 9.80 Å². The fraction of sp³-hybridized carbons (Fsp3) is 0.619. The van der Waals surface area contributed by atoms with Gasteiger partial charge in [0.15, 0.2) is 0 Å². The molecule has 1 aromatic heterocycles. The molecule has 0 N–H and O–H groups in total. The highest BCUT2D eigenvalue weighted by atomic mass is 16.5. The van der Waals surface area contributed by atoms with Crippen LogP contribution in [0.2, 0.25) is 0 Å². The molecule has 146 valence electrons. The lowest BCUT2D eigenvalue weighted by Gasteiger charge is -2.32. The standard InChI is InChI=1S/C21H31N5O/c1-17-5-3-6-18(13-17)14-26-8-4-7-19(15-26)21-23-22-20(24(21)2)16-25-9-11-27-12-10-25/h3,5-6,13,19H,4,7-12,14-16H2,1-2H3/t19-/m0/s1. The molecule has 1 atom stereocenters. The third-order valence-electron chi connectivity index (χ3n) is 5.83. The van der Waals surface area contributed by atoms with Crippen LogP contribution in [0.15, 0.2) is 24.3 Å². The minimum Gasteiger partial charge on any atom is -0.379 e. The lowest BCUT2D eigenvalue weighted by Crippen LogP contribution is -2.36. The second-order valence-electron chi connectivity index (χ2n) is 7.99. The van der Waals surface area contributed by atoms with Gasteiger partial charge in [0.25, 0.3) is 0 Å². The first kappa shape index (κ1) is 18.6. The zero-order chi connectivity index (χ0) is 18.6. The van der Waals surface area contributed by atoms with Gasteiger partial charge < -0.3 is 9.30 Å². The van der Waals surface area contributed by atoms with E-state index in [9.17, 15) is 0 Å². The number of ether oxygens (including phenoxy) is 1. The maximum Gasteiger partial charge on any atom is 0.146 e. The van der Waals surface area contributed by atoms with Crippen LogP contribution in [0, 0.1) is 6.92 Å². The van der Waals surface area contributed by atoms with Crippen LogP contribution in [0.4, 0.5) is 0 Å². The van der Waals surface area contributed by atoms with Crippen LogP contribution in [0.25, 0.3) is 0 Å². The molecule has 0 radical (unpaired) electrons. The zero-order valence-electron chi connectivity index (χ0n) is 16.6. The molecule has 0 bridgehead atoms. The van der Waals surface area contributed by atoms with Crippen molar-refractivity contribution in [3.8, 4) is 0 Å². The molecule has 0 amide bonds. The molecule has 2 aromatic rings. The van der Waals surface area contributed by atoms with Gasteiger partial charge in [0.1, 0.15) is 11.6 Å². The second kappa shape index (κ2) is 8.50. The maximum absolute atomic E-state index is 5.45. The minimum atomic E-state index is 0.472. The Morgan fingerprint density at radius 1 is 1.07 bits per heavy atom. The van der Waals surface area contributed by atoms with Crippen LogP contribution in [0.3, 0.4) is 0 Å². The van der Waals surface area contributed by atoms with E-state index in [2.05, 4.69) is 62.8 Å². The van der Waals surface area contributed by atoms with Crippen LogP contribution in [0.1, 0.15) is 41.5 Å². The summed E-state index contributed by atoms with van der Waals surface area (Å²) in [5, 5.41) is 9.11. The number of morpholine rings is 1. The quantitative estimate of drug-likeness (QED) is 0.810. The van der Waals surface area contributed by atoms with E-state index in [1.165, 1.54) is 30.5 Å². The van der Waals surface area contributed by atoms with Gasteiger partial charge in [0.2, 0.25) is 0 Å². The Kier molecular flexibility index (Phi) is 5.86. The van der Waals surface area contributed by atoms with Gasteiger partial charge in [-0.2, -0.15) is 0 Å². The lowest BCUT2D eigenvalue weighted by atomic mass is 9.96. The van der Waals surface area contributed by atoms with Gasteiger partial charge in [-0.15, -0.1) is 10.2 Å². The van der Waals surface area contributed by atoms with Crippen LogP contribution in [-0.4, -0.2) is 64.0 Å². The molecule has 1 aromatic carbocycles. The van der Waals surface area contributed by atoms with Crippen molar-refractivity contribution in [2.24, 2.45) is 7.05 Å². The number of benzene rings is 1. The molecule has 2 aliphatic rings. The van der Waals surface area contributed by atoms with Crippen molar-refractivity contribution in [3.05, 3.63) is 47.0 Å². The third kappa shape index (κ3) is 4.57. The number of aryl methyl sites for hydroxylation is 1. The highest BCUT2D eigenvalue weighted by Crippen LogP contribution is 2.27. The number of aromatic nitrogens is 3. The number of rotatable bonds is 5. The second-order valence-corrected chi connectivity index (χ2v) is 7.99. The Morgan fingerprint density at radius 2 is 1.93 bits per heavy atom. The summed E-state index contributed by atoms with van der Waals surface area (Å²) < 4.78 is 7.68. The van der Waals surface area contributed by atoms with Gasteiger partial charge in [-0.1, -0.05) is 29.8 Å². The molecule has 0 unspecified atom stereocenters. The number of piperidine rings is 1. The fourth-order valence-corrected chi connectivity index (χ4v) is 4.31. The van der Waals surface area contributed by atoms with Crippen LogP contribution >= 0.6 is 0 Å². The molecule has 2 aliphatic heterocycles. The number of hydrogen-bond acceptors (Lipinski definition) is 5. The summed E-state index contributed by atoms with van der Waals surface area (Å²) in [5.41, 5.74) is 2.74. The smallest absolute Gasteiger partial charge is 0.146 e. The summed E-state index contributed by atoms with van der Waals surface area (Å²) in [6.45, 7) is 9.90. The summed E-state index contributed by atoms with van der Waals surface area (Å²) in [5.74, 6) is 2.69. The van der Waals surface area contributed by atoms with E-state index >= 15 is 0 Å². The number of likely N-dealkylation sites (tertiary alicyclic amines) is 1. The van der Waals surface area contributed by atoms with Gasteiger partial charge in [-0.25, -0.2) is 0 Å². The molecule has 27 heavy (non-hydrogen) atoms. The summed E-state index contributed by atoms with van der Waals surface area (Å²) in [6.07, 6.45) is 2.43. The molecule has 6 heteroatoms. The summed E-state index contributed by atoms with van der Waals surface area (Å²) in [7, 11) is 2.13. The van der Waals surface area contributed by atoms with Crippen LogP contribution in [-0.2, 0) is 24.9 Å². The first-order valence-corrected chi connectivity index (χ1v) is 10.2. The summed E-state index contributed by atoms with van der Waals surface area (Å²) in [6, 6.07) is 8.86. The molecular weight excluding hydrogens is 338 g/mol. The molecule has 0 saturated carbocycles. The maximum atomic E-state index is 5.45. The van der Waals surface area contributed by atoms with E-state index in [1.807, 2.05) is 0 Å². The molecular formula is C21H31N5O. The Labute approximate surface area is 162 Å². The summed E-state index contributed by atoms with van der Waals surface area (Å²) >= 11 is 0. The lowest BCUT2D eigenvalue weighted by molar-refractivity contribution is 0.0326. The van der Waals surface area contributed by atoms with E-state index in [0.29, 0.717) is 5.92 Å². The largest absolute Gasteiger partial charge is 0.379 e. The Balaban J connectivity index is 1.40. The molecule has 0 aliphatic carbocycles. The van der Waals surface area contributed by atoms with Crippen molar-refractivity contribution < 1.29 is 4.74 Å². The summed E-state index contributed by atoms with van der Waals surface area (Å²) in [4.78, 5) is 4.97. The first-order valence-electron chi connectivity index (χ1n) is 10.2. The number of nitrogens with zero attached hydrogens (tertiary/aromatic N) is 5. The van der Waals surface area contributed by atoms with Gasteiger partial charge >= 0.3 is 0 Å². The van der Waals surface area contributed by atoms with Crippen LogP contribution < -0.4 is 0 Å². The highest BCUT2D eigenvalue weighted by Gasteiger charge is 2.26. The SMILES string of the molecule is Cc1cccc(CN2CCC[C@H](c3nnc(CN4CCOCC4)n3C)C2)c1. The first-order chi connectivity index (χ1) is 13.2. The fourth-order valence-electron chi connectivity index (χ4n) is 4.31. The van der Waals surface area contributed by atoms with E-state index in [4.69, 9.17) is 4.74 Å². The van der Waals surface area contributed by atoms with Crippen molar-refractivity contribution in [3.63, 3.8) is 0 Å². The average Bonchev–Trinajstić information content (AvgIpc) is 3.03. The predicted octanol–water partition coefficient (Wildman–Crippen LogP) is 2.34. The predicted molar refractivity (Wildman–Crippen MR) is 106 cm³/mol. The van der Waals surface area contributed by atoms with E-state index in [0.717, 1.165) is 57.6 Å². The monoisotopic (exact) mass is 369 g/mol. The Morgan fingerprint density at radius 3 is 2.74 bits per heavy atom. The van der Waals surface area contributed by atoms with E-state index < -0.39 is 0 Å². The molecule has 0 spiro atoms.